The summed E-state index contributed by atoms with van der Waals surface area (Å²) in [7, 11) is 0. The monoisotopic (exact) mass is 186 g/mol. The Morgan fingerprint density at radius 2 is 1.93 bits per heavy atom. The van der Waals surface area contributed by atoms with Gasteiger partial charge in [0.1, 0.15) is 0 Å². The van der Waals surface area contributed by atoms with Crippen molar-refractivity contribution in [2.24, 2.45) is 5.41 Å². The number of hydrogen-bond acceptors (Lipinski definition) is 0. The zero-order chi connectivity index (χ0) is 10.3. The quantitative estimate of drug-likeness (QED) is 0.576. The number of fused-ring (bicyclic) bond motifs is 1. The molecule has 0 bridgehead atoms. The Bertz CT molecular complexity index is 373. The molecule has 0 heterocycles. The van der Waals surface area contributed by atoms with Crippen molar-refractivity contribution in [1.29, 1.82) is 0 Å². The third-order valence-corrected chi connectivity index (χ3v) is 3.51. The van der Waals surface area contributed by atoms with Crippen molar-refractivity contribution in [3.63, 3.8) is 0 Å². The maximum atomic E-state index is 3.93. The summed E-state index contributed by atoms with van der Waals surface area (Å²) < 4.78 is 0. The van der Waals surface area contributed by atoms with Crippen LogP contribution in [0.5, 0.6) is 0 Å². The van der Waals surface area contributed by atoms with Crippen molar-refractivity contribution in [1.82, 2.24) is 0 Å². The lowest BCUT2D eigenvalue weighted by atomic mass is 9.79. The second-order valence-electron chi connectivity index (χ2n) is 4.68. The predicted octanol–water partition coefficient (Wildman–Crippen LogP) is 4.18. The van der Waals surface area contributed by atoms with Crippen LogP contribution >= 0.6 is 0 Å². The molecule has 0 aliphatic heterocycles. The standard InChI is InChI=1S/C14H18/c1-5-12-10(2)11-8-6-7-9-13(11)14(12,3)4/h5,8-9H,1,6-7H2,2-4H3. The Morgan fingerprint density at radius 1 is 1.29 bits per heavy atom. The highest BCUT2D eigenvalue weighted by Gasteiger charge is 2.37. The number of allylic oxidation sites excluding steroid dienone is 7. The van der Waals surface area contributed by atoms with Crippen LogP contribution < -0.4 is 0 Å². The van der Waals surface area contributed by atoms with E-state index in [4.69, 9.17) is 0 Å². The molecule has 0 fully saturated rings. The Morgan fingerprint density at radius 3 is 2.50 bits per heavy atom. The topological polar surface area (TPSA) is 0 Å². The Hall–Kier alpha value is -1.04. The van der Waals surface area contributed by atoms with Gasteiger partial charge in [-0.05, 0) is 42.1 Å². The van der Waals surface area contributed by atoms with E-state index in [1.165, 1.54) is 35.1 Å². The Balaban J connectivity index is 2.62. The third-order valence-electron chi connectivity index (χ3n) is 3.51. The highest BCUT2D eigenvalue weighted by Crippen LogP contribution is 2.51. The van der Waals surface area contributed by atoms with Crippen molar-refractivity contribution >= 4 is 0 Å². The molecule has 0 heteroatoms. The lowest BCUT2D eigenvalue weighted by Crippen LogP contribution is -2.13. The maximum absolute atomic E-state index is 3.93. The van der Waals surface area contributed by atoms with Crippen LogP contribution in [-0.2, 0) is 0 Å². The molecule has 0 amide bonds. The summed E-state index contributed by atoms with van der Waals surface area (Å²) in [5.41, 5.74) is 5.98. The molecule has 2 aliphatic carbocycles. The SMILES string of the molecule is C=CC1=C(C)C2=CCCC=C2C1(C)C. The van der Waals surface area contributed by atoms with Crippen LogP contribution in [0.4, 0.5) is 0 Å². The molecule has 0 atom stereocenters. The van der Waals surface area contributed by atoms with E-state index in [-0.39, 0.29) is 5.41 Å². The molecule has 0 radical (unpaired) electrons. The van der Waals surface area contributed by atoms with Gasteiger partial charge in [-0.3, -0.25) is 0 Å². The van der Waals surface area contributed by atoms with Gasteiger partial charge in [0.2, 0.25) is 0 Å². The van der Waals surface area contributed by atoms with Gasteiger partial charge in [0, 0.05) is 5.41 Å². The zero-order valence-corrected chi connectivity index (χ0v) is 9.35. The highest BCUT2D eigenvalue weighted by molar-refractivity contribution is 5.64. The van der Waals surface area contributed by atoms with E-state index in [1.807, 2.05) is 6.08 Å². The second-order valence-corrected chi connectivity index (χ2v) is 4.68. The fourth-order valence-electron chi connectivity index (χ4n) is 2.79. The molecule has 74 valence electrons. The smallest absolute Gasteiger partial charge is 0.0151 e. The van der Waals surface area contributed by atoms with Crippen LogP contribution in [0.25, 0.3) is 0 Å². The second kappa shape index (κ2) is 2.98. The van der Waals surface area contributed by atoms with Crippen LogP contribution in [0.1, 0.15) is 33.6 Å². The van der Waals surface area contributed by atoms with E-state index in [1.54, 1.807) is 0 Å². The largest absolute Gasteiger partial charge is 0.0987 e. The molecular formula is C14H18. The van der Waals surface area contributed by atoms with Crippen LogP contribution in [0.15, 0.2) is 47.1 Å². The van der Waals surface area contributed by atoms with Gasteiger partial charge in [-0.2, -0.15) is 0 Å². The normalized spacial score (nSPS) is 24.2. The van der Waals surface area contributed by atoms with Crippen molar-refractivity contribution in [2.75, 3.05) is 0 Å². The molecule has 0 N–H and O–H groups in total. The first kappa shape index (κ1) is 9.51. The molecule has 14 heavy (non-hydrogen) atoms. The predicted molar refractivity (Wildman–Crippen MR) is 62.1 cm³/mol. The molecule has 0 aromatic heterocycles. The minimum absolute atomic E-state index is 0.179. The first-order valence-corrected chi connectivity index (χ1v) is 5.34. The summed E-state index contributed by atoms with van der Waals surface area (Å²) in [6.45, 7) is 10.7. The van der Waals surface area contributed by atoms with Crippen molar-refractivity contribution in [2.45, 2.75) is 33.6 Å². The summed E-state index contributed by atoms with van der Waals surface area (Å²) in [4.78, 5) is 0. The van der Waals surface area contributed by atoms with Crippen molar-refractivity contribution in [3.05, 3.63) is 47.1 Å². The van der Waals surface area contributed by atoms with Gasteiger partial charge in [0.25, 0.3) is 0 Å². The Labute approximate surface area is 86.7 Å². The lowest BCUT2D eigenvalue weighted by molar-refractivity contribution is 0.573. The molecular weight excluding hydrogens is 168 g/mol. The Kier molecular flexibility index (Phi) is 2.02. The number of rotatable bonds is 1. The summed E-state index contributed by atoms with van der Waals surface area (Å²) in [6.07, 6.45) is 9.18. The average molecular weight is 186 g/mol. The first-order valence-electron chi connectivity index (χ1n) is 5.34. The van der Waals surface area contributed by atoms with Crippen molar-refractivity contribution in [3.8, 4) is 0 Å². The van der Waals surface area contributed by atoms with Gasteiger partial charge in [0.05, 0.1) is 0 Å². The van der Waals surface area contributed by atoms with Gasteiger partial charge in [-0.1, -0.05) is 38.7 Å². The highest BCUT2D eigenvalue weighted by atomic mass is 14.4. The van der Waals surface area contributed by atoms with Crippen LogP contribution in [0, 0.1) is 5.41 Å². The molecule has 0 nitrogen and oxygen atoms in total. The van der Waals surface area contributed by atoms with E-state index in [0.29, 0.717) is 0 Å². The molecule has 0 saturated carbocycles. The van der Waals surface area contributed by atoms with E-state index in [0.717, 1.165) is 0 Å². The van der Waals surface area contributed by atoms with Crippen LogP contribution in [0.3, 0.4) is 0 Å². The fraction of sp³-hybridized carbons (Fsp3) is 0.429. The minimum Gasteiger partial charge on any atom is -0.0987 e. The minimum atomic E-state index is 0.179. The lowest BCUT2D eigenvalue weighted by Gasteiger charge is -2.25. The maximum Gasteiger partial charge on any atom is 0.0151 e. The molecule has 0 aromatic carbocycles. The molecule has 0 saturated heterocycles. The summed E-state index contributed by atoms with van der Waals surface area (Å²) >= 11 is 0. The third kappa shape index (κ3) is 1.06. The van der Waals surface area contributed by atoms with E-state index in [9.17, 15) is 0 Å². The summed E-state index contributed by atoms with van der Waals surface area (Å²) in [6, 6.07) is 0. The summed E-state index contributed by atoms with van der Waals surface area (Å²) in [5, 5.41) is 0. The number of hydrogen-bond donors (Lipinski definition) is 0. The zero-order valence-electron chi connectivity index (χ0n) is 9.35. The van der Waals surface area contributed by atoms with E-state index in [2.05, 4.69) is 39.5 Å². The summed E-state index contributed by atoms with van der Waals surface area (Å²) in [5.74, 6) is 0. The molecule has 0 unspecified atom stereocenters. The van der Waals surface area contributed by atoms with Gasteiger partial charge in [0.15, 0.2) is 0 Å². The molecule has 2 rings (SSSR count). The van der Waals surface area contributed by atoms with Gasteiger partial charge >= 0.3 is 0 Å². The molecule has 0 aromatic rings. The van der Waals surface area contributed by atoms with Gasteiger partial charge < -0.3 is 0 Å². The first-order chi connectivity index (χ1) is 6.59. The van der Waals surface area contributed by atoms with Crippen LogP contribution in [0.2, 0.25) is 0 Å². The van der Waals surface area contributed by atoms with Gasteiger partial charge in [-0.15, -0.1) is 0 Å². The van der Waals surface area contributed by atoms with E-state index < -0.39 is 0 Å². The van der Waals surface area contributed by atoms with Crippen LogP contribution in [-0.4, -0.2) is 0 Å². The molecule has 2 aliphatic rings. The van der Waals surface area contributed by atoms with Crippen molar-refractivity contribution < 1.29 is 0 Å². The van der Waals surface area contributed by atoms with E-state index >= 15 is 0 Å². The average Bonchev–Trinajstić information content (AvgIpc) is 2.36. The fourth-order valence-corrected chi connectivity index (χ4v) is 2.79. The molecule has 0 spiro atoms. The van der Waals surface area contributed by atoms with Gasteiger partial charge in [-0.25, -0.2) is 0 Å².